The Hall–Kier alpha value is -1.94. The maximum Gasteiger partial charge on any atom is 0.252 e. The number of para-hydroxylation sites is 1. The molecule has 9 heteroatoms. The summed E-state index contributed by atoms with van der Waals surface area (Å²) in [6.45, 7) is 5.38. The van der Waals surface area contributed by atoms with E-state index < -0.39 is 10.0 Å². The fraction of sp³-hybridized carbons (Fsp3) is 0.350. The standard InChI is InChI=1S/C20H25BrN4O3S/c21-19-8-7-17(29(22,27)28)15-18(19)20(26)23-9-4-10-24-11-13-25(14-12-24)16-5-2-1-3-6-16/h1-3,5-8,15H,4,9-14H2,(H,23,26)(H2,22,27,28). The average Bonchev–Trinajstić information content (AvgIpc) is 2.71. The van der Waals surface area contributed by atoms with Crippen LogP contribution in [0.2, 0.25) is 0 Å². The number of carbonyl (C=O) groups is 1. The SMILES string of the molecule is NS(=O)(=O)c1ccc(Br)c(C(=O)NCCCN2CCN(c3ccccc3)CC2)c1. The van der Waals surface area contributed by atoms with Crippen molar-refractivity contribution in [1.82, 2.24) is 10.2 Å². The van der Waals surface area contributed by atoms with E-state index in [2.05, 4.69) is 55.3 Å². The molecular formula is C20H25BrN4O3S. The molecule has 3 N–H and O–H groups in total. The van der Waals surface area contributed by atoms with Crippen LogP contribution >= 0.6 is 15.9 Å². The van der Waals surface area contributed by atoms with Gasteiger partial charge in [-0.1, -0.05) is 18.2 Å². The van der Waals surface area contributed by atoms with Gasteiger partial charge in [-0.25, -0.2) is 13.6 Å². The second-order valence-corrected chi connectivity index (χ2v) is 9.38. The summed E-state index contributed by atoms with van der Waals surface area (Å²) in [5.41, 5.74) is 1.51. The number of nitrogens with two attached hydrogens (primary N) is 1. The number of anilines is 1. The molecule has 0 aromatic heterocycles. The van der Waals surface area contributed by atoms with E-state index in [0.29, 0.717) is 11.0 Å². The lowest BCUT2D eigenvalue weighted by molar-refractivity contribution is 0.0950. The Morgan fingerprint density at radius 3 is 2.41 bits per heavy atom. The van der Waals surface area contributed by atoms with Crippen LogP contribution in [0.25, 0.3) is 0 Å². The van der Waals surface area contributed by atoms with Crippen molar-refractivity contribution in [1.29, 1.82) is 0 Å². The molecule has 1 heterocycles. The molecule has 1 aliphatic rings. The highest BCUT2D eigenvalue weighted by Crippen LogP contribution is 2.20. The third-order valence-corrected chi connectivity index (χ3v) is 6.54. The molecule has 1 amide bonds. The number of nitrogens with one attached hydrogen (secondary N) is 1. The Morgan fingerprint density at radius 1 is 1.07 bits per heavy atom. The van der Waals surface area contributed by atoms with E-state index in [1.54, 1.807) is 0 Å². The molecule has 1 fully saturated rings. The highest BCUT2D eigenvalue weighted by atomic mass is 79.9. The van der Waals surface area contributed by atoms with Gasteiger partial charge in [-0.05, 0) is 59.2 Å². The predicted molar refractivity (Wildman–Crippen MR) is 118 cm³/mol. The highest BCUT2D eigenvalue weighted by molar-refractivity contribution is 9.10. The van der Waals surface area contributed by atoms with Crippen LogP contribution in [-0.2, 0) is 10.0 Å². The molecule has 1 saturated heterocycles. The van der Waals surface area contributed by atoms with Gasteiger partial charge in [0.25, 0.3) is 5.91 Å². The third-order valence-electron chi connectivity index (χ3n) is 4.94. The van der Waals surface area contributed by atoms with Gasteiger partial charge in [0.2, 0.25) is 10.0 Å². The maximum atomic E-state index is 12.4. The lowest BCUT2D eigenvalue weighted by atomic mass is 10.2. The summed E-state index contributed by atoms with van der Waals surface area (Å²) in [4.78, 5) is 17.1. The van der Waals surface area contributed by atoms with Gasteiger partial charge in [-0.3, -0.25) is 9.69 Å². The summed E-state index contributed by atoms with van der Waals surface area (Å²) in [5.74, 6) is -0.323. The number of hydrogen-bond acceptors (Lipinski definition) is 5. The van der Waals surface area contributed by atoms with Gasteiger partial charge in [-0.15, -0.1) is 0 Å². The Labute approximate surface area is 180 Å². The lowest BCUT2D eigenvalue weighted by Crippen LogP contribution is -2.47. The van der Waals surface area contributed by atoms with E-state index in [4.69, 9.17) is 5.14 Å². The van der Waals surface area contributed by atoms with Crippen molar-refractivity contribution in [2.75, 3.05) is 44.2 Å². The predicted octanol–water partition coefficient (Wildman–Crippen LogP) is 2.04. The minimum absolute atomic E-state index is 0.0814. The summed E-state index contributed by atoms with van der Waals surface area (Å²) in [6.07, 6.45) is 0.823. The molecule has 0 aliphatic carbocycles. The van der Waals surface area contributed by atoms with E-state index in [1.165, 1.54) is 23.9 Å². The van der Waals surface area contributed by atoms with E-state index in [1.807, 2.05) is 6.07 Å². The molecule has 0 atom stereocenters. The second kappa shape index (κ2) is 9.71. The molecule has 1 aliphatic heterocycles. The number of primary sulfonamides is 1. The Kier molecular flexibility index (Phi) is 7.28. The van der Waals surface area contributed by atoms with E-state index in [-0.39, 0.29) is 16.4 Å². The van der Waals surface area contributed by atoms with E-state index in [9.17, 15) is 13.2 Å². The number of rotatable bonds is 7. The fourth-order valence-electron chi connectivity index (χ4n) is 3.32. The van der Waals surface area contributed by atoms with Gasteiger partial charge >= 0.3 is 0 Å². The number of sulfonamides is 1. The van der Waals surface area contributed by atoms with Crippen molar-refractivity contribution in [3.05, 3.63) is 58.6 Å². The van der Waals surface area contributed by atoms with Crippen molar-refractivity contribution in [2.24, 2.45) is 5.14 Å². The third kappa shape index (κ3) is 6.02. The maximum absolute atomic E-state index is 12.4. The van der Waals surface area contributed by atoms with Crippen LogP contribution in [0.3, 0.4) is 0 Å². The molecular weight excluding hydrogens is 456 g/mol. The van der Waals surface area contributed by atoms with Crippen molar-refractivity contribution in [3.63, 3.8) is 0 Å². The fourth-order valence-corrected chi connectivity index (χ4v) is 4.29. The van der Waals surface area contributed by atoms with Gasteiger partial charge in [0, 0.05) is 42.9 Å². The first kappa shape index (κ1) is 21.8. The first-order chi connectivity index (χ1) is 13.8. The molecule has 0 spiro atoms. The van der Waals surface area contributed by atoms with Crippen molar-refractivity contribution < 1.29 is 13.2 Å². The number of amides is 1. The van der Waals surface area contributed by atoms with Crippen molar-refractivity contribution in [3.8, 4) is 0 Å². The first-order valence-corrected chi connectivity index (χ1v) is 11.8. The molecule has 0 saturated carbocycles. The van der Waals surface area contributed by atoms with Gasteiger partial charge in [-0.2, -0.15) is 0 Å². The molecule has 156 valence electrons. The summed E-state index contributed by atoms with van der Waals surface area (Å²) in [7, 11) is -3.85. The average molecular weight is 481 g/mol. The summed E-state index contributed by atoms with van der Waals surface area (Å²) < 4.78 is 23.5. The largest absolute Gasteiger partial charge is 0.369 e. The van der Waals surface area contributed by atoms with Crippen molar-refractivity contribution >= 4 is 37.5 Å². The van der Waals surface area contributed by atoms with Crippen LogP contribution in [0.1, 0.15) is 16.8 Å². The minimum atomic E-state index is -3.85. The molecule has 3 rings (SSSR count). The van der Waals surface area contributed by atoms with Gasteiger partial charge < -0.3 is 10.2 Å². The summed E-state index contributed by atoms with van der Waals surface area (Å²) >= 11 is 3.28. The Balaban J connectivity index is 1.43. The molecule has 29 heavy (non-hydrogen) atoms. The molecule has 0 unspecified atom stereocenters. The van der Waals surface area contributed by atoms with Crippen LogP contribution < -0.4 is 15.4 Å². The van der Waals surface area contributed by atoms with Crippen LogP contribution in [0.15, 0.2) is 57.9 Å². The minimum Gasteiger partial charge on any atom is -0.369 e. The summed E-state index contributed by atoms with van der Waals surface area (Å²) in [5, 5.41) is 7.99. The number of carbonyl (C=O) groups excluding carboxylic acids is 1. The number of benzene rings is 2. The quantitative estimate of drug-likeness (QED) is 0.591. The van der Waals surface area contributed by atoms with E-state index in [0.717, 1.165) is 39.1 Å². The number of piperazine rings is 1. The summed E-state index contributed by atoms with van der Waals surface area (Å²) in [6, 6.07) is 14.6. The van der Waals surface area contributed by atoms with Crippen LogP contribution in [0, 0.1) is 0 Å². The monoisotopic (exact) mass is 480 g/mol. The second-order valence-electron chi connectivity index (χ2n) is 6.96. The molecule has 2 aromatic carbocycles. The zero-order valence-electron chi connectivity index (χ0n) is 16.1. The lowest BCUT2D eigenvalue weighted by Gasteiger charge is -2.36. The van der Waals surface area contributed by atoms with Crippen molar-refractivity contribution in [2.45, 2.75) is 11.3 Å². The number of nitrogens with zero attached hydrogens (tertiary/aromatic N) is 2. The van der Waals surface area contributed by atoms with Crippen LogP contribution in [-0.4, -0.2) is 58.5 Å². The highest BCUT2D eigenvalue weighted by Gasteiger charge is 2.18. The van der Waals surface area contributed by atoms with E-state index >= 15 is 0 Å². The molecule has 7 nitrogen and oxygen atoms in total. The molecule has 2 aromatic rings. The number of hydrogen-bond donors (Lipinski definition) is 2. The van der Waals surface area contributed by atoms with Gasteiger partial charge in [0.1, 0.15) is 0 Å². The Morgan fingerprint density at radius 2 is 1.76 bits per heavy atom. The zero-order chi connectivity index (χ0) is 20.9. The topological polar surface area (TPSA) is 95.7 Å². The smallest absolute Gasteiger partial charge is 0.252 e. The van der Waals surface area contributed by atoms with Crippen LogP contribution in [0.4, 0.5) is 5.69 Å². The zero-order valence-corrected chi connectivity index (χ0v) is 18.5. The first-order valence-electron chi connectivity index (χ1n) is 9.47. The normalized spacial score (nSPS) is 15.3. The van der Waals surface area contributed by atoms with Gasteiger partial charge in [0.15, 0.2) is 0 Å². The Bertz CT molecular complexity index is 945. The molecule has 0 bridgehead atoms. The number of halogens is 1. The molecule has 0 radical (unpaired) electrons. The van der Waals surface area contributed by atoms with Crippen LogP contribution in [0.5, 0.6) is 0 Å². The van der Waals surface area contributed by atoms with Gasteiger partial charge in [0.05, 0.1) is 10.5 Å².